The molecule has 0 bridgehead atoms. The van der Waals surface area contributed by atoms with Crippen molar-refractivity contribution >= 4 is 5.69 Å². The zero-order valence-corrected chi connectivity index (χ0v) is 12.3. The third-order valence-corrected chi connectivity index (χ3v) is 3.26. The third-order valence-electron chi connectivity index (χ3n) is 3.26. The Hall–Kier alpha value is -2.36. The van der Waals surface area contributed by atoms with E-state index in [2.05, 4.69) is 13.0 Å². The monoisotopic (exact) mass is 285 g/mol. The molecule has 0 aliphatic carbocycles. The highest BCUT2D eigenvalue weighted by Gasteiger charge is 2.16. The van der Waals surface area contributed by atoms with Gasteiger partial charge in [0.15, 0.2) is 5.75 Å². The number of rotatable bonds is 6. The van der Waals surface area contributed by atoms with E-state index < -0.39 is 4.92 Å². The largest absolute Gasteiger partial charge is 0.487 e. The zero-order valence-electron chi connectivity index (χ0n) is 12.3. The number of hydrogen-bond donors (Lipinski definition) is 0. The van der Waals surface area contributed by atoms with E-state index in [-0.39, 0.29) is 5.69 Å². The SMILES string of the molecule is CCCCOc1cc(-c2cccc(C)c2)ccc1[N+](=O)[O-]. The first kappa shape index (κ1) is 15.0. The Kier molecular flexibility index (Phi) is 4.93. The molecule has 0 aliphatic heterocycles. The number of unbranched alkanes of at least 4 members (excludes halogenated alkanes) is 1. The van der Waals surface area contributed by atoms with Crippen LogP contribution in [0, 0.1) is 17.0 Å². The van der Waals surface area contributed by atoms with Crippen LogP contribution in [0.5, 0.6) is 5.75 Å². The standard InChI is InChI=1S/C17H19NO3/c1-3-4-10-21-17-12-15(8-9-16(17)18(19)20)14-7-5-6-13(2)11-14/h5-9,11-12H,3-4,10H2,1-2H3. The highest BCUT2D eigenvalue weighted by atomic mass is 16.6. The van der Waals surface area contributed by atoms with Crippen molar-refractivity contribution in [3.05, 3.63) is 58.1 Å². The van der Waals surface area contributed by atoms with E-state index in [1.807, 2.05) is 25.1 Å². The molecule has 0 unspecified atom stereocenters. The predicted octanol–water partition coefficient (Wildman–Crippen LogP) is 4.75. The normalized spacial score (nSPS) is 10.4. The molecule has 110 valence electrons. The van der Waals surface area contributed by atoms with Crippen LogP contribution < -0.4 is 4.74 Å². The van der Waals surface area contributed by atoms with E-state index >= 15 is 0 Å². The van der Waals surface area contributed by atoms with Crippen LogP contribution in [-0.4, -0.2) is 11.5 Å². The van der Waals surface area contributed by atoms with Crippen molar-refractivity contribution < 1.29 is 9.66 Å². The molecule has 0 saturated carbocycles. The van der Waals surface area contributed by atoms with Gasteiger partial charge in [0.05, 0.1) is 11.5 Å². The van der Waals surface area contributed by atoms with Crippen LogP contribution in [0.25, 0.3) is 11.1 Å². The fourth-order valence-corrected chi connectivity index (χ4v) is 2.11. The maximum Gasteiger partial charge on any atom is 0.310 e. The lowest BCUT2D eigenvalue weighted by atomic mass is 10.0. The Morgan fingerprint density at radius 1 is 1.14 bits per heavy atom. The van der Waals surface area contributed by atoms with Crippen LogP contribution in [0.3, 0.4) is 0 Å². The summed E-state index contributed by atoms with van der Waals surface area (Å²) in [6, 6.07) is 13.1. The van der Waals surface area contributed by atoms with Crippen molar-refractivity contribution in [2.75, 3.05) is 6.61 Å². The minimum Gasteiger partial charge on any atom is -0.487 e. The van der Waals surface area contributed by atoms with Gasteiger partial charge in [0.2, 0.25) is 0 Å². The van der Waals surface area contributed by atoms with Crippen LogP contribution in [0.4, 0.5) is 5.69 Å². The number of aryl methyl sites for hydroxylation is 1. The number of hydrogen-bond acceptors (Lipinski definition) is 3. The quantitative estimate of drug-likeness (QED) is 0.437. The van der Waals surface area contributed by atoms with Gasteiger partial charge in [-0.1, -0.05) is 43.2 Å². The van der Waals surface area contributed by atoms with Crippen molar-refractivity contribution in [1.82, 2.24) is 0 Å². The van der Waals surface area contributed by atoms with Crippen LogP contribution in [0.1, 0.15) is 25.3 Å². The molecule has 4 nitrogen and oxygen atoms in total. The van der Waals surface area contributed by atoms with Crippen LogP contribution in [0.2, 0.25) is 0 Å². The fourth-order valence-electron chi connectivity index (χ4n) is 2.11. The van der Waals surface area contributed by atoms with Crippen molar-refractivity contribution in [2.45, 2.75) is 26.7 Å². The minimum absolute atomic E-state index is 0.0162. The average molecular weight is 285 g/mol. The zero-order chi connectivity index (χ0) is 15.2. The molecule has 0 aromatic heterocycles. The maximum absolute atomic E-state index is 11.1. The summed E-state index contributed by atoms with van der Waals surface area (Å²) in [5.74, 6) is 0.340. The fraction of sp³-hybridized carbons (Fsp3) is 0.294. The van der Waals surface area contributed by atoms with Gasteiger partial charge in [-0.15, -0.1) is 0 Å². The second kappa shape index (κ2) is 6.88. The summed E-state index contributed by atoms with van der Waals surface area (Å²) >= 11 is 0. The summed E-state index contributed by atoms with van der Waals surface area (Å²) in [6.45, 7) is 4.57. The molecule has 0 amide bonds. The molecule has 0 fully saturated rings. The highest BCUT2D eigenvalue weighted by Crippen LogP contribution is 2.32. The smallest absolute Gasteiger partial charge is 0.310 e. The Morgan fingerprint density at radius 3 is 2.57 bits per heavy atom. The summed E-state index contributed by atoms with van der Waals surface area (Å²) in [6.07, 6.45) is 1.87. The van der Waals surface area contributed by atoms with Gasteiger partial charge in [0, 0.05) is 6.07 Å². The van der Waals surface area contributed by atoms with Gasteiger partial charge >= 0.3 is 5.69 Å². The first-order valence-corrected chi connectivity index (χ1v) is 7.10. The molecule has 0 radical (unpaired) electrons. The summed E-state index contributed by atoms with van der Waals surface area (Å²) in [5.41, 5.74) is 3.13. The maximum atomic E-state index is 11.1. The number of ether oxygens (including phenoxy) is 1. The first-order valence-electron chi connectivity index (χ1n) is 7.10. The summed E-state index contributed by atoms with van der Waals surface area (Å²) < 4.78 is 5.59. The Bertz CT molecular complexity index is 638. The molecule has 2 aromatic carbocycles. The molecule has 0 spiro atoms. The first-order chi connectivity index (χ1) is 10.1. The van der Waals surface area contributed by atoms with Gasteiger partial charge in [-0.2, -0.15) is 0 Å². The molecule has 0 aliphatic rings. The molecule has 0 atom stereocenters. The molecule has 0 N–H and O–H groups in total. The average Bonchev–Trinajstić information content (AvgIpc) is 2.47. The van der Waals surface area contributed by atoms with E-state index in [4.69, 9.17) is 4.74 Å². The van der Waals surface area contributed by atoms with Crippen LogP contribution in [-0.2, 0) is 0 Å². The molecule has 0 saturated heterocycles. The second-order valence-electron chi connectivity index (χ2n) is 5.01. The van der Waals surface area contributed by atoms with Crippen LogP contribution >= 0.6 is 0 Å². The van der Waals surface area contributed by atoms with Gasteiger partial charge < -0.3 is 4.74 Å². The molecule has 2 rings (SSSR count). The Morgan fingerprint density at radius 2 is 1.90 bits per heavy atom. The summed E-state index contributed by atoms with van der Waals surface area (Å²) in [7, 11) is 0. The van der Waals surface area contributed by atoms with Gasteiger partial charge in [-0.05, 0) is 36.6 Å². The molecule has 4 heteroatoms. The van der Waals surface area contributed by atoms with Gasteiger partial charge in [-0.25, -0.2) is 0 Å². The van der Waals surface area contributed by atoms with Crippen LogP contribution in [0.15, 0.2) is 42.5 Å². The van der Waals surface area contributed by atoms with E-state index in [9.17, 15) is 10.1 Å². The lowest BCUT2D eigenvalue weighted by Gasteiger charge is -2.09. The number of benzene rings is 2. The van der Waals surface area contributed by atoms with Crippen molar-refractivity contribution in [1.29, 1.82) is 0 Å². The molecule has 2 aromatic rings. The molecular weight excluding hydrogens is 266 g/mol. The van der Waals surface area contributed by atoms with E-state index in [0.29, 0.717) is 12.4 Å². The lowest BCUT2D eigenvalue weighted by Crippen LogP contribution is -2.00. The summed E-state index contributed by atoms with van der Waals surface area (Å²) in [4.78, 5) is 10.7. The minimum atomic E-state index is -0.401. The predicted molar refractivity (Wildman–Crippen MR) is 83.7 cm³/mol. The van der Waals surface area contributed by atoms with Crippen molar-refractivity contribution in [3.8, 4) is 16.9 Å². The van der Waals surface area contributed by atoms with Crippen molar-refractivity contribution in [2.24, 2.45) is 0 Å². The highest BCUT2D eigenvalue weighted by molar-refractivity contribution is 5.68. The van der Waals surface area contributed by atoms with Gasteiger partial charge in [-0.3, -0.25) is 10.1 Å². The molecule has 21 heavy (non-hydrogen) atoms. The second-order valence-corrected chi connectivity index (χ2v) is 5.01. The van der Waals surface area contributed by atoms with E-state index in [1.54, 1.807) is 12.1 Å². The molecule has 0 heterocycles. The Labute approximate surface area is 124 Å². The van der Waals surface area contributed by atoms with Gasteiger partial charge in [0.1, 0.15) is 0 Å². The van der Waals surface area contributed by atoms with Crippen molar-refractivity contribution in [3.63, 3.8) is 0 Å². The topological polar surface area (TPSA) is 52.4 Å². The number of nitro benzene ring substituents is 1. The third kappa shape index (κ3) is 3.81. The molecular formula is C17H19NO3. The summed E-state index contributed by atoms with van der Waals surface area (Å²) in [5, 5.41) is 11.1. The number of nitrogens with zero attached hydrogens (tertiary/aromatic N) is 1. The number of nitro groups is 1. The van der Waals surface area contributed by atoms with E-state index in [0.717, 1.165) is 29.5 Å². The van der Waals surface area contributed by atoms with Gasteiger partial charge in [0.25, 0.3) is 0 Å². The van der Waals surface area contributed by atoms with E-state index in [1.165, 1.54) is 6.07 Å². The Balaban J connectivity index is 2.36. The lowest BCUT2D eigenvalue weighted by molar-refractivity contribution is -0.385.